The topological polar surface area (TPSA) is 341 Å². The highest BCUT2D eigenvalue weighted by atomic mass is 32.2. The SMILES string of the molecule is Cc1cc(OCCCC(=O)NCCCOCCOCCOCCCCC(CS(=O)(=O)O)NC(=O)OC(C)(C)C)cc(C)c1S(=O)(=O)NC(CNC(=O)C1=Nc2cc(CNc3ncc[nH]3)ccc2C(=O)C1C)C(=O)O. The molecule has 0 radical (unpaired) electrons. The third-order valence-corrected chi connectivity index (χ3v) is 13.5. The van der Waals surface area contributed by atoms with E-state index in [4.69, 9.17) is 23.7 Å². The van der Waals surface area contributed by atoms with Crippen molar-refractivity contribution in [1.82, 2.24) is 30.6 Å². The molecule has 0 saturated heterocycles. The number of aromatic amines is 1. The summed E-state index contributed by atoms with van der Waals surface area (Å²) in [6.07, 6.45) is 5.06. The zero-order chi connectivity index (χ0) is 54.5. The summed E-state index contributed by atoms with van der Waals surface area (Å²) in [5.74, 6) is -3.58. The summed E-state index contributed by atoms with van der Waals surface area (Å²) in [5, 5.41) is 20.8. The Balaban J connectivity index is 1.08. The van der Waals surface area contributed by atoms with Gasteiger partial charge in [0.05, 0.1) is 55.3 Å². The molecule has 74 heavy (non-hydrogen) atoms. The van der Waals surface area contributed by atoms with Gasteiger partial charge in [0.15, 0.2) is 11.7 Å². The number of hydrogen-bond acceptors (Lipinski definition) is 17. The first-order chi connectivity index (χ1) is 34.9. The monoisotopic (exact) mass is 1080 g/mol. The Bertz CT molecular complexity index is 2600. The van der Waals surface area contributed by atoms with Crippen LogP contribution < -0.4 is 30.7 Å². The lowest BCUT2D eigenvalue weighted by Gasteiger charge is -2.23. The van der Waals surface area contributed by atoms with Crippen LogP contribution >= 0.6 is 0 Å². The molecule has 410 valence electrons. The minimum atomic E-state index is -4.45. The van der Waals surface area contributed by atoms with Crippen molar-refractivity contribution in [2.24, 2.45) is 10.9 Å². The number of aryl methyl sites for hydroxylation is 2. The summed E-state index contributed by atoms with van der Waals surface area (Å²) in [5.41, 5.74) is 0.992. The van der Waals surface area contributed by atoms with E-state index in [1.165, 1.54) is 32.9 Å². The van der Waals surface area contributed by atoms with Gasteiger partial charge < -0.3 is 55.0 Å². The van der Waals surface area contributed by atoms with Gasteiger partial charge >= 0.3 is 12.1 Å². The zero-order valence-electron chi connectivity index (χ0n) is 42.6. The van der Waals surface area contributed by atoms with E-state index < -0.39 is 74.0 Å². The minimum Gasteiger partial charge on any atom is -0.494 e. The van der Waals surface area contributed by atoms with Gasteiger partial charge in [-0.25, -0.2) is 23.2 Å². The third-order valence-electron chi connectivity index (χ3n) is 10.9. The second-order valence-corrected chi connectivity index (χ2v) is 21.6. The number of aliphatic carboxylic acids is 1. The number of hydrogen-bond donors (Lipinski definition) is 8. The maximum Gasteiger partial charge on any atom is 0.407 e. The van der Waals surface area contributed by atoms with Crippen LogP contribution in [0.25, 0.3) is 0 Å². The molecule has 1 aliphatic heterocycles. The van der Waals surface area contributed by atoms with Crippen LogP contribution in [0.2, 0.25) is 0 Å². The average Bonchev–Trinajstić information content (AvgIpc) is 3.83. The van der Waals surface area contributed by atoms with Crippen molar-refractivity contribution < 1.29 is 74.2 Å². The first-order valence-electron chi connectivity index (χ1n) is 24.1. The molecule has 0 aliphatic carbocycles. The van der Waals surface area contributed by atoms with Gasteiger partial charge in [-0.1, -0.05) is 6.07 Å². The standard InChI is InChI=1S/C48H70N8O16S2/c1-31-25-36(71-20-9-12-40(57)49-15-10-19-69-22-24-70-23-21-68-18-8-7-11-35(30-73(63,64)65)54-47(62)72-48(4,5)6)26-32(2)43(31)74(66,67)56-39(45(60)61)29-52-44(59)41-33(3)42(58)37-14-13-34(27-38(37)55-41)28-53-46-50-16-17-51-46/h13-14,16-17,25-27,33,35,39,56H,7-12,15,18-24,28-30H2,1-6H3,(H,49,57)(H,52,59)(H,54,62)(H,60,61)(H2,50,51,53)(H,63,64,65). The fraction of sp³-hybridized carbons (Fsp3) is 0.562. The molecule has 0 spiro atoms. The summed E-state index contributed by atoms with van der Waals surface area (Å²) in [4.78, 5) is 74.5. The number of carboxylic acid groups (broad SMARTS) is 1. The van der Waals surface area contributed by atoms with Crippen LogP contribution in [0, 0.1) is 19.8 Å². The van der Waals surface area contributed by atoms with Crippen LogP contribution in [0.15, 0.2) is 52.6 Å². The van der Waals surface area contributed by atoms with Crippen molar-refractivity contribution >= 4 is 67.1 Å². The highest BCUT2D eigenvalue weighted by Gasteiger charge is 2.34. The fourth-order valence-corrected chi connectivity index (χ4v) is 9.87. The van der Waals surface area contributed by atoms with E-state index >= 15 is 0 Å². The Morgan fingerprint density at radius 2 is 1.53 bits per heavy atom. The second kappa shape index (κ2) is 29.2. The summed E-state index contributed by atoms with van der Waals surface area (Å²) in [7, 11) is -8.75. The van der Waals surface area contributed by atoms with Crippen LogP contribution in [0.3, 0.4) is 0 Å². The Morgan fingerprint density at radius 1 is 0.865 bits per heavy atom. The number of ketones is 1. The molecular weight excluding hydrogens is 1010 g/mol. The van der Waals surface area contributed by atoms with Gasteiger partial charge in [0.1, 0.15) is 23.1 Å². The number of nitrogens with one attached hydrogen (secondary N) is 6. The number of benzene rings is 2. The number of H-pyrrole nitrogens is 1. The number of unbranched alkanes of at least 4 members (excludes halogenated alkanes) is 1. The predicted molar refractivity (Wildman–Crippen MR) is 272 cm³/mol. The number of fused-ring (bicyclic) bond motifs is 1. The summed E-state index contributed by atoms with van der Waals surface area (Å²) >= 11 is 0. The number of aliphatic imine (C=N–C) groups is 1. The smallest absolute Gasteiger partial charge is 0.407 e. The molecule has 4 rings (SSSR count). The number of anilines is 1. The molecule has 0 bridgehead atoms. The molecule has 3 unspecified atom stereocenters. The molecule has 0 saturated carbocycles. The van der Waals surface area contributed by atoms with Crippen molar-refractivity contribution in [2.75, 3.05) is 70.4 Å². The molecule has 0 fully saturated rings. The van der Waals surface area contributed by atoms with E-state index in [1.807, 2.05) is 0 Å². The molecule has 1 aromatic heterocycles. The molecule has 26 heteroatoms. The van der Waals surface area contributed by atoms with Crippen LogP contribution in [-0.2, 0) is 60.0 Å². The molecule has 2 aromatic carbocycles. The van der Waals surface area contributed by atoms with E-state index in [-0.39, 0.29) is 52.1 Å². The van der Waals surface area contributed by atoms with Crippen LogP contribution in [0.1, 0.15) is 93.3 Å². The summed E-state index contributed by atoms with van der Waals surface area (Å²) < 4.78 is 88.9. The van der Waals surface area contributed by atoms with E-state index in [2.05, 4.69) is 40.9 Å². The van der Waals surface area contributed by atoms with Gasteiger partial charge in [0, 0.05) is 63.3 Å². The number of alkyl carbamates (subject to hydrolysis) is 1. The Morgan fingerprint density at radius 3 is 2.15 bits per heavy atom. The number of Topliss-reactive ketones (excluding diaryl/α,β-unsaturated/α-hetero) is 1. The quantitative estimate of drug-likeness (QED) is 0.0318. The van der Waals surface area contributed by atoms with Crippen molar-refractivity contribution in [1.29, 1.82) is 0 Å². The highest BCUT2D eigenvalue weighted by molar-refractivity contribution is 7.89. The molecule has 8 N–H and O–H groups in total. The van der Waals surface area contributed by atoms with Crippen molar-refractivity contribution in [2.45, 2.75) is 109 Å². The van der Waals surface area contributed by atoms with Gasteiger partial charge in [0.2, 0.25) is 15.9 Å². The number of aromatic nitrogens is 2. The average molecular weight is 1080 g/mol. The van der Waals surface area contributed by atoms with E-state index in [0.29, 0.717) is 102 Å². The van der Waals surface area contributed by atoms with Gasteiger partial charge in [-0.3, -0.25) is 23.7 Å². The summed E-state index contributed by atoms with van der Waals surface area (Å²) in [6, 6.07) is 5.44. The summed E-state index contributed by atoms with van der Waals surface area (Å²) in [6.45, 7) is 12.1. The number of rotatable bonds is 33. The minimum absolute atomic E-state index is 0.146. The molecule has 1 aliphatic rings. The number of sulfonamides is 1. The van der Waals surface area contributed by atoms with Crippen molar-refractivity contribution in [3.05, 3.63) is 65.0 Å². The molecule has 2 heterocycles. The zero-order valence-corrected chi connectivity index (χ0v) is 44.2. The molecule has 24 nitrogen and oxygen atoms in total. The maximum atomic E-state index is 13.6. The fourth-order valence-electron chi connectivity index (χ4n) is 7.47. The Labute approximate surface area is 431 Å². The lowest BCUT2D eigenvalue weighted by molar-refractivity contribution is -0.138. The van der Waals surface area contributed by atoms with Gasteiger partial charge in [-0.2, -0.15) is 13.1 Å². The largest absolute Gasteiger partial charge is 0.494 e. The van der Waals surface area contributed by atoms with Crippen molar-refractivity contribution in [3.63, 3.8) is 0 Å². The molecule has 3 aromatic rings. The first kappa shape index (κ1) is 60.5. The van der Waals surface area contributed by atoms with E-state index in [1.54, 1.807) is 51.4 Å². The lowest BCUT2D eigenvalue weighted by atomic mass is 9.89. The number of carbonyl (C=O) groups is 5. The number of imidazole rings is 1. The van der Waals surface area contributed by atoms with Crippen LogP contribution in [0.4, 0.5) is 16.4 Å². The predicted octanol–water partition coefficient (Wildman–Crippen LogP) is 3.76. The molecule has 3 atom stereocenters. The van der Waals surface area contributed by atoms with Gasteiger partial charge in [-0.15, -0.1) is 0 Å². The van der Waals surface area contributed by atoms with Crippen LogP contribution in [-0.4, -0.2) is 155 Å². The maximum absolute atomic E-state index is 13.6. The first-order valence-corrected chi connectivity index (χ1v) is 27.2. The molecular formula is C48H70N8O16S2. The van der Waals surface area contributed by atoms with Gasteiger partial charge in [-0.05, 0) is 115 Å². The number of nitrogens with zero attached hydrogens (tertiary/aromatic N) is 2. The number of amides is 3. The van der Waals surface area contributed by atoms with E-state index in [9.17, 15) is 50.5 Å². The van der Waals surface area contributed by atoms with Crippen LogP contribution in [0.5, 0.6) is 5.75 Å². The normalized spacial score (nSPS) is 14.6. The van der Waals surface area contributed by atoms with E-state index in [0.717, 1.165) is 5.56 Å². The number of ether oxygens (including phenoxy) is 5. The van der Waals surface area contributed by atoms with Gasteiger partial charge in [0.25, 0.3) is 16.0 Å². The van der Waals surface area contributed by atoms with Crippen molar-refractivity contribution in [3.8, 4) is 5.75 Å². The molecule has 3 amide bonds. The third kappa shape index (κ3) is 21.4. The Hall–Kier alpha value is -6.03. The highest BCUT2D eigenvalue weighted by Crippen LogP contribution is 2.31. The number of carboxylic acids is 1. The number of carbonyl (C=O) groups excluding carboxylic acids is 4. The lowest BCUT2D eigenvalue weighted by Crippen LogP contribution is -2.50. The Kier molecular flexibility index (Phi) is 23.9. The second-order valence-electron chi connectivity index (χ2n) is 18.4.